The summed E-state index contributed by atoms with van der Waals surface area (Å²) in [5.41, 5.74) is 4.25. The van der Waals surface area contributed by atoms with Gasteiger partial charge in [-0.15, -0.1) is 0 Å². The van der Waals surface area contributed by atoms with E-state index in [-0.39, 0.29) is 5.57 Å². The molecule has 0 radical (unpaired) electrons. The van der Waals surface area contributed by atoms with Crippen LogP contribution in [-0.4, -0.2) is 35.8 Å². The Morgan fingerprint density at radius 2 is 2.11 bits per heavy atom. The number of nitrogens with one attached hydrogen (secondary N) is 2. The van der Waals surface area contributed by atoms with E-state index in [0.29, 0.717) is 18.7 Å². The van der Waals surface area contributed by atoms with Gasteiger partial charge in [0.1, 0.15) is 11.4 Å². The van der Waals surface area contributed by atoms with Crippen LogP contribution in [0.15, 0.2) is 29.2 Å². The van der Waals surface area contributed by atoms with E-state index in [2.05, 4.69) is 22.2 Å². The lowest BCUT2D eigenvalue weighted by Gasteiger charge is -2.12. The standard InChI is InChI=1S/C11H16N4O3/c1-7(13-2)14-6-8(5-12)9(16)15-11(3-4-11)10(17)18/h5-6,13H,1,3-4,12H2,2H3,(H,15,16)(H,17,18)/b8-5+,14-6?. The number of aliphatic carboxylic acids is 1. The van der Waals surface area contributed by atoms with E-state index in [9.17, 15) is 9.59 Å². The summed E-state index contributed by atoms with van der Waals surface area (Å²) in [6, 6.07) is 0. The molecule has 1 aliphatic carbocycles. The normalized spacial score (nSPS) is 17.3. The number of carboxylic acids is 1. The number of hydrogen-bond donors (Lipinski definition) is 4. The maximum atomic E-state index is 11.8. The Balaban J connectivity index is 2.68. The molecule has 1 saturated carbocycles. The van der Waals surface area contributed by atoms with Crippen LogP contribution in [0.4, 0.5) is 0 Å². The monoisotopic (exact) mass is 252 g/mol. The third kappa shape index (κ3) is 3.09. The lowest BCUT2D eigenvalue weighted by molar-refractivity contribution is -0.142. The maximum Gasteiger partial charge on any atom is 0.329 e. The molecule has 0 aromatic carbocycles. The molecule has 0 aliphatic heterocycles. The first-order valence-electron chi connectivity index (χ1n) is 5.34. The number of carbonyl (C=O) groups is 2. The molecule has 0 unspecified atom stereocenters. The van der Waals surface area contributed by atoms with Crippen LogP contribution in [0.1, 0.15) is 12.8 Å². The lowest BCUT2D eigenvalue weighted by atomic mass is 10.2. The highest BCUT2D eigenvalue weighted by Gasteiger charge is 2.51. The summed E-state index contributed by atoms with van der Waals surface area (Å²) < 4.78 is 0. The molecule has 0 saturated heterocycles. The number of hydrogen-bond acceptors (Lipinski definition) is 5. The van der Waals surface area contributed by atoms with Gasteiger partial charge in [-0.3, -0.25) is 4.79 Å². The van der Waals surface area contributed by atoms with Crippen molar-refractivity contribution >= 4 is 18.1 Å². The Labute approximate surface area is 104 Å². The molecule has 0 atom stereocenters. The van der Waals surface area contributed by atoms with E-state index in [4.69, 9.17) is 10.8 Å². The first kappa shape index (κ1) is 13.8. The van der Waals surface area contributed by atoms with Crippen LogP contribution >= 0.6 is 0 Å². The minimum atomic E-state index is -1.14. The van der Waals surface area contributed by atoms with Gasteiger partial charge in [-0.1, -0.05) is 6.58 Å². The molecule has 7 nitrogen and oxygen atoms in total. The summed E-state index contributed by atoms with van der Waals surface area (Å²) >= 11 is 0. The van der Waals surface area contributed by atoms with Crippen LogP contribution in [0.25, 0.3) is 0 Å². The van der Waals surface area contributed by atoms with Gasteiger partial charge < -0.3 is 21.5 Å². The minimum Gasteiger partial charge on any atom is -0.480 e. The molecule has 0 aromatic heterocycles. The number of rotatable bonds is 6. The first-order valence-corrected chi connectivity index (χ1v) is 5.34. The number of carboxylic acid groups (broad SMARTS) is 1. The fourth-order valence-electron chi connectivity index (χ4n) is 1.20. The zero-order valence-corrected chi connectivity index (χ0v) is 10.1. The molecular formula is C11H16N4O3. The van der Waals surface area contributed by atoms with E-state index in [1.165, 1.54) is 6.21 Å². The fourth-order valence-corrected chi connectivity index (χ4v) is 1.20. The van der Waals surface area contributed by atoms with Gasteiger partial charge >= 0.3 is 5.97 Å². The van der Waals surface area contributed by atoms with Crippen molar-refractivity contribution in [1.29, 1.82) is 0 Å². The summed E-state index contributed by atoms with van der Waals surface area (Å²) in [5.74, 6) is -1.24. The summed E-state index contributed by atoms with van der Waals surface area (Å²) in [6.45, 7) is 3.55. The second kappa shape index (κ2) is 5.35. The van der Waals surface area contributed by atoms with Crippen molar-refractivity contribution in [3.8, 4) is 0 Å². The zero-order chi connectivity index (χ0) is 13.8. The molecule has 0 heterocycles. The molecule has 7 heteroatoms. The minimum absolute atomic E-state index is 0.0823. The van der Waals surface area contributed by atoms with Gasteiger partial charge in [0.15, 0.2) is 0 Å². The highest BCUT2D eigenvalue weighted by molar-refractivity contribution is 6.13. The predicted octanol–water partition coefficient (Wildman–Crippen LogP) is -0.676. The predicted molar refractivity (Wildman–Crippen MR) is 66.7 cm³/mol. The van der Waals surface area contributed by atoms with Crippen LogP contribution in [0, 0.1) is 0 Å². The van der Waals surface area contributed by atoms with Gasteiger partial charge in [-0.25, -0.2) is 9.79 Å². The van der Waals surface area contributed by atoms with Gasteiger partial charge in [0.05, 0.1) is 5.57 Å². The van der Waals surface area contributed by atoms with Crippen LogP contribution in [0.3, 0.4) is 0 Å². The molecule has 1 rings (SSSR count). The van der Waals surface area contributed by atoms with Crippen molar-refractivity contribution < 1.29 is 14.7 Å². The number of aliphatic imine (C=N–C) groups is 1. The van der Waals surface area contributed by atoms with Crippen molar-refractivity contribution in [1.82, 2.24) is 10.6 Å². The lowest BCUT2D eigenvalue weighted by Crippen LogP contribution is -2.44. The van der Waals surface area contributed by atoms with Gasteiger partial charge in [0.25, 0.3) is 5.91 Å². The molecule has 0 bridgehead atoms. The molecule has 5 N–H and O–H groups in total. The third-order valence-corrected chi connectivity index (χ3v) is 2.60. The van der Waals surface area contributed by atoms with Gasteiger partial charge in [0.2, 0.25) is 0 Å². The first-order chi connectivity index (χ1) is 8.45. The maximum absolute atomic E-state index is 11.8. The van der Waals surface area contributed by atoms with Crippen LogP contribution in [-0.2, 0) is 9.59 Å². The van der Waals surface area contributed by atoms with E-state index < -0.39 is 17.4 Å². The van der Waals surface area contributed by atoms with Crippen LogP contribution < -0.4 is 16.4 Å². The van der Waals surface area contributed by atoms with Crippen molar-refractivity contribution in [3.05, 3.63) is 24.2 Å². The van der Waals surface area contributed by atoms with E-state index in [1.54, 1.807) is 7.05 Å². The summed E-state index contributed by atoms with van der Waals surface area (Å²) in [6.07, 6.45) is 3.14. The number of nitrogens with two attached hydrogens (primary N) is 1. The topological polar surface area (TPSA) is 117 Å². The van der Waals surface area contributed by atoms with E-state index in [0.717, 1.165) is 6.20 Å². The zero-order valence-electron chi connectivity index (χ0n) is 10.1. The van der Waals surface area contributed by atoms with Crippen molar-refractivity contribution in [2.75, 3.05) is 7.05 Å². The van der Waals surface area contributed by atoms with Crippen molar-refractivity contribution in [2.45, 2.75) is 18.4 Å². The summed E-state index contributed by atoms with van der Waals surface area (Å²) in [5, 5.41) is 14.0. The SMILES string of the molecule is C=C(N=C/C(=C\N)C(=O)NC1(C(=O)O)CC1)NC. The number of amides is 1. The number of carbonyl (C=O) groups excluding carboxylic acids is 1. The largest absolute Gasteiger partial charge is 0.480 e. The molecule has 98 valence electrons. The smallest absolute Gasteiger partial charge is 0.329 e. The molecule has 0 aromatic rings. The average molecular weight is 252 g/mol. The third-order valence-electron chi connectivity index (χ3n) is 2.60. The van der Waals surface area contributed by atoms with Gasteiger partial charge in [-0.2, -0.15) is 0 Å². The molecule has 1 fully saturated rings. The second-order valence-corrected chi connectivity index (χ2v) is 3.92. The Bertz CT molecular complexity index is 436. The molecule has 0 spiro atoms. The Morgan fingerprint density at radius 3 is 2.50 bits per heavy atom. The van der Waals surface area contributed by atoms with Crippen molar-refractivity contribution in [3.63, 3.8) is 0 Å². The Kier molecular flexibility index (Phi) is 4.09. The molecular weight excluding hydrogens is 236 g/mol. The highest BCUT2D eigenvalue weighted by Crippen LogP contribution is 2.35. The van der Waals surface area contributed by atoms with Crippen molar-refractivity contribution in [2.24, 2.45) is 10.7 Å². The van der Waals surface area contributed by atoms with Crippen LogP contribution in [0.5, 0.6) is 0 Å². The quantitative estimate of drug-likeness (QED) is 0.369. The van der Waals surface area contributed by atoms with E-state index in [1.807, 2.05) is 0 Å². The second-order valence-electron chi connectivity index (χ2n) is 3.92. The Morgan fingerprint density at radius 1 is 1.50 bits per heavy atom. The Hall–Kier alpha value is -2.31. The van der Waals surface area contributed by atoms with Gasteiger partial charge in [0, 0.05) is 19.5 Å². The fraction of sp³-hybridized carbons (Fsp3) is 0.364. The summed E-state index contributed by atoms with van der Waals surface area (Å²) in [7, 11) is 1.63. The van der Waals surface area contributed by atoms with E-state index >= 15 is 0 Å². The van der Waals surface area contributed by atoms with Gasteiger partial charge in [-0.05, 0) is 12.8 Å². The highest BCUT2D eigenvalue weighted by atomic mass is 16.4. The average Bonchev–Trinajstić information content (AvgIpc) is 3.10. The summed E-state index contributed by atoms with van der Waals surface area (Å²) in [4.78, 5) is 26.5. The molecule has 18 heavy (non-hydrogen) atoms. The molecule has 1 aliphatic rings. The van der Waals surface area contributed by atoms with Crippen LogP contribution in [0.2, 0.25) is 0 Å². The number of nitrogens with zero attached hydrogens (tertiary/aromatic N) is 1. The molecule has 1 amide bonds.